The summed E-state index contributed by atoms with van der Waals surface area (Å²) in [6.07, 6.45) is 11.0. The molecule has 0 radical (unpaired) electrons. The maximum atomic E-state index is 12.8. The van der Waals surface area contributed by atoms with E-state index in [0.29, 0.717) is 42.9 Å². The Morgan fingerprint density at radius 3 is 2.34 bits per heavy atom. The average molecular weight is 618 g/mol. The summed E-state index contributed by atoms with van der Waals surface area (Å²) >= 11 is 0. The molecule has 1 N–H and O–H groups in total. The molecule has 2 heterocycles. The van der Waals surface area contributed by atoms with E-state index < -0.39 is 5.97 Å². The molecule has 4 aliphatic carbocycles. The van der Waals surface area contributed by atoms with Crippen LogP contribution in [0.3, 0.4) is 0 Å². The molecular formula is C35H57N2O7+. The molecule has 6 aliphatic rings. The molecule has 9 nitrogen and oxygen atoms in total. The van der Waals surface area contributed by atoms with Crippen molar-refractivity contribution in [3.05, 3.63) is 0 Å². The average Bonchev–Trinajstić information content (AvgIpc) is 3.29. The number of quaternary nitrogens is 1. The number of nitrogens with zero attached hydrogens (tertiary/aromatic N) is 2. The summed E-state index contributed by atoms with van der Waals surface area (Å²) in [5, 5.41) is 9.11. The number of carboxylic acid groups (broad SMARTS) is 1. The molecule has 0 aromatic heterocycles. The normalized spacial score (nSPS) is 43.6. The molecule has 0 amide bonds. The zero-order chi connectivity index (χ0) is 31.3. The zero-order valence-corrected chi connectivity index (χ0v) is 27.6. The van der Waals surface area contributed by atoms with Gasteiger partial charge in [0.15, 0.2) is 6.10 Å². The van der Waals surface area contributed by atoms with Crippen molar-refractivity contribution in [2.75, 3.05) is 46.4 Å². The maximum Gasteiger partial charge on any atom is 0.306 e. The molecule has 0 unspecified atom stereocenters. The van der Waals surface area contributed by atoms with Crippen molar-refractivity contribution >= 4 is 17.9 Å². The van der Waals surface area contributed by atoms with Crippen LogP contribution in [-0.4, -0.2) is 103 Å². The molecule has 6 rings (SSSR count). The van der Waals surface area contributed by atoms with Gasteiger partial charge in [0.1, 0.15) is 12.1 Å². The molecule has 0 spiro atoms. The first-order chi connectivity index (χ1) is 20.9. The second-order valence-electron chi connectivity index (χ2n) is 16.1. The van der Waals surface area contributed by atoms with Crippen LogP contribution in [0, 0.1) is 34.5 Å². The second kappa shape index (κ2) is 12.5. The number of rotatable bonds is 7. The molecule has 10 atom stereocenters. The van der Waals surface area contributed by atoms with E-state index in [1.807, 2.05) is 0 Å². The standard InChI is InChI=1S/C35H56N2O7/c1-23(38)43-33-29(37(4)16-6-5-7-17-37)21-27-25-9-8-24-20-30(44-32(41)11-10-31(39)40)28(36-14-18-42-19-15-36)22-35(24,3)26(25)12-13-34(27,33)2/h24-30,33H,5-22H2,1-4H3/p+1/t24-,25+,26-,27-,28+,29-,30-,33-,34-,35-/m0/s1. The van der Waals surface area contributed by atoms with Gasteiger partial charge in [0, 0.05) is 37.9 Å². The Hall–Kier alpha value is -1.71. The van der Waals surface area contributed by atoms with E-state index in [2.05, 4.69) is 25.8 Å². The predicted octanol–water partition coefficient (Wildman–Crippen LogP) is 4.66. The summed E-state index contributed by atoms with van der Waals surface area (Å²) in [5.41, 5.74) is 0.162. The minimum absolute atomic E-state index is 0.0124. The Morgan fingerprint density at radius 2 is 1.66 bits per heavy atom. The van der Waals surface area contributed by atoms with Crippen molar-refractivity contribution in [1.82, 2.24) is 4.90 Å². The number of hydrogen-bond acceptors (Lipinski definition) is 7. The van der Waals surface area contributed by atoms with Gasteiger partial charge < -0.3 is 23.8 Å². The smallest absolute Gasteiger partial charge is 0.306 e. The summed E-state index contributed by atoms with van der Waals surface area (Å²) in [6.45, 7) is 12.0. The van der Waals surface area contributed by atoms with E-state index in [1.54, 1.807) is 6.92 Å². The monoisotopic (exact) mass is 617 g/mol. The van der Waals surface area contributed by atoms with Crippen LogP contribution in [0.2, 0.25) is 0 Å². The number of likely N-dealkylation sites (tertiary alicyclic amines) is 1. The second-order valence-corrected chi connectivity index (χ2v) is 16.1. The number of aliphatic carboxylic acids is 1. The van der Waals surface area contributed by atoms with Crippen LogP contribution in [0.4, 0.5) is 0 Å². The van der Waals surface area contributed by atoms with Gasteiger partial charge in [-0.2, -0.15) is 0 Å². The van der Waals surface area contributed by atoms with Gasteiger partial charge in [-0.25, -0.2) is 0 Å². The highest BCUT2D eigenvalue weighted by Crippen LogP contribution is 2.67. The molecule has 0 aromatic rings. The zero-order valence-electron chi connectivity index (χ0n) is 27.6. The SMILES string of the molecule is CC(=O)O[C@H]1[C@@H]([N+]2(C)CCCCC2)C[C@H]2[C@@H]3CC[C@H]4C[C@H](OC(=O)CCC(=O)O)[C@H](N5CCOCC5)C[C@]4(C)[C@H]3CC[C@@]21C. The van der Waals surface area contributed by atoms with Crippen LogP contribution >= 0.6 is 0 Å². The Kier molecular flexibility index (Phi) is 9.14. The molecule has 2 saturated heterocycles. The number of morpholine rings is 1. The topological polar surface area (TPSA) is 102 Å². The highest BCUT2D eigenvalue weighted by Gasteiger charge is 2.67. The summed E-state index contributed by atoms with van der Waals surface area (Å²) < 4.78 is 19.2. The van der Waals surface area contributed by atoms with Crippen molar-refractivity contribution in [2.45, 2.75) is 122 Å². The third kappa shape index (κ3) is 5.83. The van der Waals surface area contributed by atoms with Gasteiger partial charge in [0.2, 0.25) is 0 Å². The highest BCUT2D eigenvalue weighted by molar-refractivity contribution is 5.76. The quantitative estimate of drug-likeness (QED) is 0.325. The van der Waals surface area contributed by atoms with Crippen molar-refractivity contribution < 1.29 is 38.2 Å². The Bertz CT molecular complexity index is 1090. The van der Waals surface area contributed by atoms with Crippen molar-refractivity contribution in [3.63, 3.8) is 0 Å². The van der Waals surface area contributed by atoms with Crippen LogP contribution in [-0.2, 0) is 28.6 Å². The van der Waals surface area contributed by atoms with Gasteiger partial charge >= 0.3 is 17.9 Å². The first kappa shape index (κ1) is 32.2. The van der Waals surface area contributed by atoms with E-state index in [4.69, 9.17) is 19.3 Å². The Labute approximate surface area is 263 Å². The Balaban J connectivity index is 1.26. The van der Waals surface area contributed by atoms with Gasteiger partial charge in [0.25, 0.3) is 0 Å². The minimum Gasteiger partial charge on any atom is -0.481 e. The summed E-state index contributed by atoms with van der Waals surface area (Å²) in [7, 11) is 2.43. The lowest BCUT2D eigenvalue weighted by atomic mass is 9.44. The number of fused-ring (bicyclic) bond motifs is 5. The Morgan fingerprint density at radius 1 is 0.932 bits per heavy atom. The molecule has 9 heteroatoms. The number of carboxylic acids is 1. The van der Waals surface area contributed by atoms with Crippen molar-refractivity contribution in [3.8, 4) is 0 Å². The van der Waals surface area contributed by atoms with E-state index in [1.165, 1.54) is 38.8 Å². The third-order valence-electron chi connectivity index (χ3n) is 13.9. The molecule has 0 bridgehead atoms. The summed E-state index contributed by atoms with van der Waals surface area (Å²) in [5.74, 6) is 0.780. The lowest BCUT2D eigenvalue weighted by Crippen LogP contribution is -2.62. The number of piperidine rings is 1. The first-order valence-corrected chi connectivity index (χ1v) is 17.7. The number of esters is 2. The number of carbonyl (C=O) groups excluding carboxylic acids is 2. The summed E-state index contributed by atoms with van der Waals surface area (Å²) in [6, 6.07) is 0.504. The lowest BCUT2D eigenvalue weighted by Gasteiger charge is -2.62. The molecular weight excluding hydrogens is 560 g/mol. The molecule has 0 aromatic carbocycles. The number of hydrogen-bond donors (Lipinski definition) is 1. The first-order valence-electron chi connectivity index (χ1n) is 17.7. The van der Waals surface area contributed by atoms with E-state index in [0.717, 1.165) is 56.1 Å². The largest absolute Gasteiger partial charge is 0.481 e. The maximum absolute atomic E-state index is 12.8. The van der Waals surface area contributed by atoms with Gasteiger partial charge in [-0.1, -0.05) is 13.8 Å². The lowest BCUT2D eigenvalue weighted by molar-refractivity contribution is -0.940. The van der Waals surface area contributed by atoms with Gasteiger partial charge in [-0.05, 0) is 86.9 Å². The molecule has 6 fully saturated rings. The van der Waals surface area contributed by atoms with Crippen LogP contribution in [0.25, 0.3) is 0 Å². The van der Waals surface area contributed by atoms with E-state index >= 15 is 0 Å². The predicted molar refractivity (Wildman–Crippen MR) is 165 cm³/mol. The van der Waals surface area contributed by atoms with E-state index in [9.17, 15) is 14.4 Å². The number of ether oxygens (including phenoxy) is 3. The van der Waals surface area contributed by atoms with E-state index in [-0.39, 0.29) is 53.9 Å². The molecule has 44 heavy (non-hydrogen) atoms. The highest BCUT2D eigenvalue weighted by atomic mass is 16.5. The van der Waals surface area contributed by atoms with Crippen LogP contribution in [0.5, 0.6) is 0 Å². The van der Waals surface area contributed by atoms with Gasteiger partial charge in [-0.3, -0.25) is 19.3 Å². The van der Waals surface area contributed by atoms with Crippen LogP contribution in [0.1, 0.15) is 97.8 Å². The number of likely N-dealkylation sites (N-methyl/N-ethyl adjacent to an activating group) is 1. The van der Waals surface area contributed by atoms with Crippen LogP contribution in [0.15, 0.2) is 0 Å². The van der Waals surface area contributed by atoms with Crippen molar-refractivity contribution in [2.24, 2.45) is 34.5 Å². The molecule has 248 valence electrons. The van der Waals surface area contributed by atoms with Gasteiger partial charge in [0.05, 0.1) is 46.2 Å². The molecule has 2 aliphatic heterocycles. The fourth-order valence-corrected chi connectivity index (χ4v) is 11.6. The number of carbonyl (C=O) groups is 3. The van der Waals surface area contributed by atoms with Crippen molar-refractivity contribution in [1.29, 1.82) is 0 Å². The third-order valence-corrected chi connectivity index (χ3v) is 13.9. The van der Waals surface area contributed by atoms with Crippen LogP contribution < -0.4 is 0 Å². The summed E-state index contributed by atoms with van der Waals surface area (Å²) in [4.78, 5) is 38.9. The fraction of sp³-hybridized carbons (Fsp3) is 0.914. The molecule has 4 saturated carbocycles. The van der Waals surface area contributed by atoms with Gasteiger partial charge in [-0.15, -0.1) is 0 Å². The minimum atomic E-state index is -0.966. The fourth-order valence-electron chi connectivity index (χ4n) is 11.6.